The van der Waals surface area contributed by atoms with Gasteiger partial charge in [-0.3, -0.25) is 9.59 Å². The average Bonchev–Trinajstić information content (AvgIpc) is 2.74. The Bertz CT molecular complexity index is 1360. The Morgan fingerprint density at radius 3 is 1.54 bits per heavy atom. The zero-order chi connectivity index (χ0) is 19.1. The number of benzene rings is 2. The van der Waals surface area contributed by atoms with E-state index in [0.717, 1.165) is 11.0 Å². The van der Waals surface area contributed by atoms with Gasteiger partial charge in [-0.1, -0.05) is 30.3 Å². The largest absolute Gasteiger partial charge is 0.353 e. The maximum atomic E-state index is 12.4. The van der Waals surface area contributed by atoms with E-state index in [0.29, 0.717) is 33.5 Å². The summed E-state index contributed by atoms with van der Waals surface area (Å²) >= 11 is 0. The van der Waals surface area contributed by atoms with Crippen molar-refractivity contribution in [3.63, 3.8) is 0 Å². The number of nitrogens with zero attached hydrogens (tertiary/aromatic N) is 1. The number of nitrogens with one attached hydrogen (secondary N) is 2. The summed E-state index contributed by atoms with van der Waals surface area (Å²) in [4.78, 5) is 36.1. The lowest BCUT2D eigenvalue weighted by molar-refractivity contribution is 1.24. The first kappa shape index (κ1) is 16.2. The summed E-state index contributed by atoms with van der Waals surface area (Å²) < 4.78 is 0. The molecule has 0 atom stereocenters. The zero-order valence-electron chi connectivity index (χ0n) is 14.8. The predicted molar refractivity (Wildman–Crippen MR) is 111 cm³/mol. The molecule has 0 radical (unpaired) electrons. The van der Waals surface area contributed by atoms with Crippen molar-refractivity contribution in [1.82, 2.24) is 15.0 Å². The lowest BCUT2D eigenvalue weighted by Crippen LogP contribution is -2.05. The predicted octanol–water partition coefficient (Wildman–Crippen LogP) is 4.10. The maximum Gasteiger partial charge on any atom is 0.190 e. The second kappa shape index (κ2) is 6.32. The fourth-order valence-electron chi connectivity index (χ4n) is 3.40. The van der Waals surface area contributed by atoms with Crippen LogP contribution in [0.4, 0.5) is 0 Å². The summed E-state index contributed by atoms with van der Waals surface area (Å²) in [6, 6.07) is 23.4. The highest BCUT2D eigenvalue weighted by Gasteiger charge is 2.09. The zero-order valence-corrected chi connectivity index (χ0v) is 14.8. The summed E-state index contributed by atoms with van der Waals surface area (Å²) in [5, 5.41) is 1.28. The molecule has 0 bridgehead atoms. The van der Waals surface area contributed by atoms with E-state index in [1.165, 1.54) is 0 Å². The molecule has 0 saturated heterocycles. The molecule has 0 amide bonds. The third-order valence-corrected chi connectivity index (χ3v) is 4.78. The molecule has 134 valence electrons. The van der Waals surface area contributed by atoms with Crippen molar-refractivity contribution >= 4 is 21.8 Å². The summed E-state index contributed by atoms with van der Waals surface area (Å²) in [6.07, 6.45) is 0. The van der Waals surface area contributed by atoms with Gasteiger partial charge in [0.05, 0.1) is 22.8 Å². The molecule has 28 heavy (non-hydrogen) atoms. The molecule has 5 heteroatoms. The van der Waals surface area contributed by atoms with Gasteiger partial charge in [0.2, 0.25) is 0 Å². The highest BCUT2D eigenvalue weighted by atomic mass is 16.1. The summed E-state index contributed by atoms with van der Waals surface area (Å²) in [5.74, 6) is 0. The van der Waals surface area contributed by atoms with Gasteiger partial charge < -0.3 is 9.97 Å². The first-order valence-corrected chi connectivity index (χ1v) is 8.91. The highest BCUT2D eigenvalue weighted by molar-refractivity contribution is 5.82. The third kappa shape index (κ3) is 2.70. The lowest BCUT2D eigenvalue weighted by atomic mass is 10.1. The van der Waals surface area contributed by atoms with Gasteiger partial charge >= 0.3 is 0 Å². The number of H-pyrrole nitrogens is 2. The molecule has 0 aliphatic heterocycles. The van der Waals surface area contributed by atoms with Crippen molar-refractivity contribution in [2.24, 2.45) is 0 Å². The van der Waals surface area contributed by atoms with Crippen molar-refractivity contribution in [2.75, 3.05) is 0 Å². The van der Waals surface area contributed by atoms with Crippen LogP contribution in [0.5, 0.6) is 0 Å². The van der Waals surface area contributed by atoms with Crippen LogP contribution in [0.1, 0.15) is 0 Å². The first-order chi connectivity index (χ1) is 13.7. The van der Waals surface area contributed by atoms with E-state index in [1.807, 2.05) is 54.6 Å². The number of fused-ring (bicyclic) bond motifs is 2. The van der Waals surface area contributed by atoms with Gasteiger partial charge in [0.15, 0.2) is 10.9 Å². The van der Waals surface area contributed by atoms with Crippen LogP contribution in [0.15, 0.2) is 88.5 Å². The third-order valence-electron chi connectivity index (χ3n) is 4.78. The van der Waals surface area contributed by atoms with Gasteiger partial charge in [-0.05, 0) is 36.4 Å². The van der Waals surface area contributed by atoms with Crippen LogP contribution in [0.25, 0.3) is 44.6 Å². The second-order valence-corrected chi connectivity index (χ2v) is 6.59. The minimum absolute atomic E-state index is 0.0596. The number of hydrogen-bond donors (Lipinski definition) is 2. The number of aromatic amines is 2. The fourth-order valence-corrected chi connectivity index (χ4v) is 3.40. The van der Waals surface area contributed by atoms with Crippen LogP contribution in [0.3, 0.4) is 0 Å². The molecule has 5 aromatic rings. The van der Waals surface area contributed by atoms with Crippen LogP contribution in [0.2, 0.25) is 0 Å². The molecule has 0 aliphatic carbocycles. The Morgan fingerprint density at radius 2 is 1.04 bits per heavy atom. The van der Waals surface area contributed by atoms with E-state index >= 15 is 0 Å². The fraction of sp³-hybridized carbons (Fsp3) is 0. The molecule has 3 aromatic heterocycles. The van der Waals surface area contributed by atoms with Crippen LogP contribution < -0.4 is 10.9 Å². The van der Waals surface area contributed by atoms with Crippen LogP contribution in [0, 0.1) is 0 Å². The van der Waals surface area contributed by atoms with Crippen LogP contribution in [-0.4, -0.2) is 15.0 Å². The minimum Gasteiger partial charge on any atom is -0.353 e. The Morgan fingerprint density at radius 1 is 0.571 bits per heavy atom. The van der Waals surface area contributed by atoms with Gasteiger partial charge in [-0.2, -0.15) is 0 Å². The van der Waals surface area contributed by atoms with E-state index in [-0.39, 0.29) is 10.9 Å². The lowest BCUT2D eigenvalue weighted by Gasteiger charge is -2.08. The topological polar surface area (TPSA) is 78.6 Å². The molecule has 3 heterocycles. The van der Waals surface area contributed by atoms with Gasteiger partial charge in [0.1, 0.15) is 0 Å². The van der Waals surface area contributed by atoms with E-state index in [9.17, 15) is 9.59 Å². The highest BCUT2D eigenvalue weighted by Crippen LogP contribution is 2.21. The molecule has 0 fully saturated rings. The first-order valence-electron chi connectivity index (χ1n) is 8.91. The Hall–Kier alpha value is -3.99. The molecule has 0 aliphatic rings. The SMILES string of the molecule is O=c1cc(-c2cccc(-c3cc(=O)c4ccccc4[nH]3)n2)[nH]c2ccccc12. The molecular weight excluding hydrogens is 350 g/mol. The van der Waals surface area contributed by atoms with E-state index in [4.69, 9.17) is 0 Å². The quantitative estimate of drug-likeness (QED) is 0.494. The summed E-state index contributed by atoms with van der Waals surface area (Å²) in [7, 11) is 0. The Kier molecular flexibility index (Phi) is 3.66. The number of rotatable bonds is 2. The van der Waals surface area contributed by atoms with Crippen LogP contribution in [-0.2, 0) is 0 Å². The monoisotopic (exact) mass is 365 g/mol. The normalized spacial score (nSPS) is 11.1. The van der Waals surface area contributed by atoms with E-state index < -0.39 is 0 Å². The number of aromatic nitrogens is 3. The van der Waals surface area contributed by atoms with Crippen LogP contribution >= 0.6 is 0 Å². The van der Waals surface area contributed by atoms with Crippen molar-refractivity contribution in [3.05, 3.63) is 99.3 Å². The van der Waals surface area contributed by atoms with Gasteiger partial charge in [-0.15, -0.1) is 0 Å². The molecule has 0 saturated carbocycles. The molecule has 5 rings (SSSR count). The number of para-hydroxylation sites is 2. The molecule has 2 aromatic carbocycles. The van der Waals surface area contributed by atoms with E-state index in [1.54, 1.807) is 24.3 Å². The van der Waals surface area contributed by atoms with Gasteiger partial charge in [0, 0.05) is 33.9 Å². The maximum absolute atomic E-state index is 12.4. The molecule has 0 unspecified atom stereocenters. The summed E-state index contributed by atoms with van der Waals surface area (Å²) in [6.45, 7) is 0. The molecule has 0 spiro atoms. The van der Waals surface area contributed by atoms with Crippen molar-refractivity contribution in [3.8, 4) is 22.8 Å². The molecule has 5 nitrogen and oxygen atoms in total. The van der Waals surface area contributed by atoms with Crippen molar-refractivity contribution in [1.29, 1.82) is 0 Å². The Balaban J connectivity index is 1.67. The van der Waals surface area contributed by atoms with Crippen molar-refractivity contribution < 1.29 is 0 Å². The smallest absolute Gasteiger partial charge is 0.190 e. The number of pyridine rings is 3. The van der Waals surface area contributed by atoms with Crippen molar-refractivity contribution in [2.45, 2.75) is 0 Å². The van der Waals surface area contributed by atoms with Gasteiger partial charge in [-0.25, -0.2) is 4.98 Å². The molecular formula is C23H15N3O2. The average molecular weight is 365 g/mol. The Labute approximate surface area is 159 Å². The van der Waals surface area contributed by atoms with Gasteiger partial charge in [0.25, 0.3) is 0 Å². The standard InChI is InChI=1S/C23H15N3O2/c27-22-12-20(24-16-8-3-1-6-14(16)22)18-10-5-11-19(26-18)21-13-23(28)15-7-2-4-9-17(15)25-21/h1-13H,(H,24,27)(H,25,28). The summed E-state index contributed by atoms with van der Waals surface area (Å²) in [5.41, 5.74) is 3.94. The second-order valence-electron chi connectivity index (χ2n) is 6.59. The minimum atomic E-state index is -0.0596. The van der Waals surface area contributed by atoms with E-state index in [2.05, 4.69) is 15.0 Å². The number of hydrogen-bond acceptors (Lipinski definition) is 3. The molecule has 2 N–H and O–H groups in total.